The fourth-order valence-corrected chi connectivity index (χ4v) is 2.84. The van der Waals surface area contributed by atoms with Gasteiger partial charge >= 0.3 is 6.18 Å². The van der Waals surface area contributed by atoms with Crippen molar-refractivity contribution >= 4 is 11.7 Å². The van der Waals surface area contributed by atoms with Crippen molar-refractivity contribution in [2.75, 3.05) is 5.32 Å². The van der Waals surface area contributed by atoms with E-state index in [4.69, 9.17) is 4.74 Å². The Kier molecular flexibility index (Phi) is 6.10. The van der Waals surface area contributed by atoms with Gasteiger partial charge in [-0.3, -0.25) is 4.79 Å². The van der Waals surface area contributed by atoms with Crippen LogP contribution in [0.3, 0.4) is 0 Å². The average molecular weight is 414 g/mol. The molecular formula is C23H21F3N2O2. The first-order chi connectivity index (χ1) is 14.1. The summed E-state index contributed by atoms with van der Waals surface area (Å²) >= 11 is 0. The predicted octanol–water partition coefficient (Wildman–Crippen LogP) is 6.58. The van der Waals surface area contributed by atoms with E-state index >= 15 is 0 Å². The Morgan fingerprint density at radius 2 is 1.80 bits per heavy atom. The molecule has 3 rings (SSSR count). The van der Waals surface area contributed by atoms with Gasteiger partial charge in [0.05, 0.1) is 17.3 Å². The number of benzene rings is 2. The Balaban J connectivity index is 1.75. The smallest absolute Gasteiger partial charge is 0.417 e. The van der Waals surface area contributed by atoms with E-state index in [-0.39, 0.29) is 5.82 Å². The molecule has 0 saturated heterocycles. The van der Waals surface area contributed by atoms with Crippen molar-refractivity contribution in [2.45, 2.75) is 32.9 Å². The van der Waals surface area contributed by atoms with E-state index in [1.54, 1.807) is 6.07 Å². The molecule has 2 aromatic carbocycles. The van der Waals surface area contributed by atoms with Crippen LogP contribution in [0.2, 0.25) is 0 Å². The van der Waals surface area contributed by atoms with Crippen molar-refractivity contribution in [3.05, 3.63) is 83.0 Å². The van der Waals surface area contributed by atoms with E-state index in [1.165, 1.54) is 24.4 Å². The van der Waals surface area contributed by atoms with Crippen molar-refractivity contribution in [3.63, 3.8) is 0 Å². The standard InChI is InChI=1S/C23H21F3N2O2/c1-14(2)16-9-8-15(3)20(12-16)30-17-10-11-21(27-13-17)28-22(29)18-6-4-5-7-19(18)23(24,25)26/h4-14H,1-3H3,(H,27,28,29). The van der Waals surface area contributed by atoms with Crippen LogP contribution in [0, 0.1) is 6.92 Å². The van der Waals surface area contributed by atoms with Crippen LogP contribution >= 0.6 is 0 Å². The van der Waals surface area contributed by atoms with Gasteiger partial charge < -0.3 is 10.1 Å². The fraction of sp³-hybridized carbons (Fsp3) is 0.217. The fourth-order valence-electron chi connectivity index (χ4n) is 2.84. The molecule has 0 unspecified atom stereocenters. The van der Waals surface area contributed by atoms with Crippen LogP contribution in [0.5, 0.6) is 11.5 Å². The number of carbonyl (C=O) groups excluding carboxylic acids is 1. The number of alkyl halides is 3. The topological polar surface area (TPSA) is 51.2 Å². The Bertz CT molecular complexity index is 1050. The Morgan fingerprint density at radius 3 is 2.43 bits per heavy atom. The molecule has 0 atom stereocenters. The van der Waals surface area contributed by atoms with Gasteiger partial charge in [0.15, 0.2) is 0 Å². The van der Waals surface area contributed by atoms with Gasteiger partial charge in [0.25, 0.3) is 5.91 Å². The van der Waals surface area contributed by atoms with Crippen LogP contribution < -0.4 is 10.1 Å². The molecule has 4 nitrogen and oxygen atoms in total. The molecule has 0 bridgehead atoms. The molecule has 1 N–H and O–H groups in total. The van der Waals surface area contributed by atoms with Gasteiger partial charge in [0.2, 0.25) is 0 Å². The maximum atomic E-state index is 13.1. The van der Waals surface area contributed by atoms with Crippen LogP contribution in [0.15, 0.2) is 60.8 Å². The number of nitrogens with zero attached hydrogens (tertiary/aromatic N) is 1. The first-order valence-electron chi connectivity index (χ1n) is 9.37. The van der Waals surface area contributed by atoms with Crippen molar-refractivity contribution in [3.8, 4) is 11.5 Å². The predicted molar refractivity (Wildman–Crippen MR) is 109 cm³/mol. The van der Waals surface area contributed by atoms with Crippen LogP contribution in [0.25, 0.3) is 0 Å². The molecule has 1 heterocycles. The van der Waals surface area contributed by atoms with Crippen molar-refractivity contribution in [2.24, 2.45) is 0 Å². The number of ether oxygens (including phenoxy) is 1. The number of nitrogens with one attached hydrogen (secondary N) is 1. The summed E-state index contributed by atoms with van der Waals surface area (Å²) in [6.45, 7) is 6.11. The second-order valence-corrected chi connectivity index (χ2v) is 7.16. The first-order valence-corrected chi connectivity index (χ1v) is 9.37. The van der Waals surface area contributed by atoms with Crippen LogP contribution in [-0.4, -0.2) is 10.9 Å². The Labute approximate surface area is 172 Å². The zero-order valence-electron chi connectivity index (χ0n) is 16.7. The lowest BCUT2D eigenvalue weighted by Gasteiger charge is -2.13. The highest BCUT2D eigenvalue weighted by Gasteiger charge is 2.34. The zero-order chi connectivity index (χ0) is 21.9. The van der Waals surface area contributed by atoms with Gasteiger partial charge in [-0.2, -0.15) is 13.2 Å². The molecule has 3 aromatic rings. The number of aromatic nitrogens is 1. The maximum Gasteiger partial charge on any atom is 0.417 e. The summed E-state index contributed by atoms with van der Waals surface area (Å²) in [4.78, 5) is 16.4. The van der Waals surface area contributed by atoms with Gasteiger partial charge in [-0.05, 0) is 54.3 Å². The summed E-state index contributed by atoms with van der Waals surface area (Å²) in [5.74, 6) is 0.733. The minimum absolute atomic E-state index is 0.122. The Hall–Kier alpha value is -3.35. The quantitative estimate of drug-likeness (QED) is 0.513. The zero-order valence-corrected chi connectivity index (χ0v) is 16.7. The number of aryl methyl sites for hydroxylation is 1. The number of halogens is 3. The second kappa shape index (κ2) is 8.57. The largest absolute Gasteiger partial charge is 0.455 e. The average Bonchev–Trinajstić information content (AvgIpc) is 2.70. The molecular weight excluding hydrogens is 393 g/mol. The summed E-state index contributed by atoms with van der Waals surface area (Å²) < 4.78 is 45.2. The molecule has 156 valence electrons. The summed E-state index contributed by atoms with van der Waals surface area (Å²) in [6.07, 6.45) is -3.21. The van der Waals surface area contributed by atoms with Crippen LogP contribution in [0.1, 0.15) is 46.8 Å². The summed E-state index contributed by atoms with van der Waals surface area (Å²) in [5.41, 5.74) is 0.632. The van der Waals surface area contributed by atoms with Crippen LogP contribution in [-0.2, 0) is 6.18 Å². The molecule has 0 aliphatic carbocycles. The highest BCUT2D eigenvalue weighted by Crippen LogP contribution is 2.32. The Morgan fingerprint density at radius 1 is 1.07 bits per heavy atom. The highest BCUT2D eigenvalue weighted by atomic mass is 19.4. The van der Waals surface area contributed by atoms with Gasteiger partial charge in [-0.15, -0.1) is 0 Å². The number of anilines is 1. The summed E-state index contributed by atoms with van der Waals surface area (Å²) in [6, 6.07) is 13.7. The van der Waals surface area contributed by atoms with Gasteiger partial charge in [-0.25, -0.2) is 4.98 Å². The number of rotatable bonds is 5. The number of carbonyl (C=O) groups is 1. The normalized spacial score (nSPS) is 11.4. The molecule has 0 saturated carbocycles. The van der Waals surface area contributed by atoms with E-state index in [0.717, 1.165) is 23.3 Å². The van der Waals surface area contributed by atoms with E-state index in [2.05, 4.69) is 24.1 Å². The lowest BCUT2D eigenvalue weighted by atomic mass is 10.0. The number of amides is 1. The molecule has 0 aliphatic rings. The lowest BCUT2D eigenvalue weighted by molar-refractivity contribution is -0.137. The third-order valence-electron chi connectivity index (χ3n) is 4.56. The molecule has 7 heteroatoms. The van der Waals surface area contributed by atoms with Crippen molar-refractivity contribution in [1.82, 2.24) is 4.98 Å². The molecule has 0 radical (unpaired) electrons. The van der Waals surface area contributed by atoms with Gasteiger partial charge in [0, 0.05) is 0 Å². The lowest BCUT2D eigenvalue weighted by Crippen LogP contribution is -2.19. The molecule has 30 heavy (non-hydrogen) atoms. The van der Waals surface area contributed by atoms with E-state index in [0.29, 0.717) is 17.4 Å². The molecule has 0 aliphatic heterocycles. The van der Waals surface area contributed by atoms with E-state index < -0.39 is 23.2 Å². The van der Waals surface area contributed by atoms with Gasteiger partial charge in [0.1, 0.15) is 17.3 Å². The van der Waals surface area contributed by atoms with E-state index in [9.17, 15) is 18.0 Å². The summed E-state index contributed by atoms with van der Waals surface area (Å²) in [7, 11) is 0. The van der Waals surface area contributed by atoms with E-state index in [1.807, 2.05) is 25.1 Å². The minimum atomic E-state index is -4.62. The highest BCUT2D eigenvalue weighted by molar-refractivity contribution is 6.04. The second-order valence-electron chi connectivity index (χ2n) is 7.16. The molecule has 0 spiro atoms. The number of hydrogen-bond acceptors (Lipinski definition) is 3. The molecule has 1 aromatic heterocycles. The first kappa shape index (κ1) is 21.4. The molecule has 1 amide bonds. The number of pyridine rings is 1. The monoisotopic (exact) mass is 414 g/mol. The number of hydrogen-bond donors (Lipinski definition) is 1. The molecule has 0 fully saturated rings. The van der Waals surface area contributed by atoms with Gasteiger partial charge in [-0.1, -0.05) is 38.1 Å². The third-order valence-corrected chi connectivity index (χ3v) is 4.56. The minimum Gasteiger partial charge on any atom is -0.455 e. The van der Waals surface area contributed by atoms with Crippen LogP contribution in [0.4, 0.5) is 19.0 Å². The van der Waals surface area contributed by atoms with Crippen molar-refractivity contribution < 1.29 is 22.7 Å². The summed E-state index contributed by atoms with van der Waals surface area (Å²) in [5, 5.41) is 2.39. The maximum absolute atomic E-state index is 13.1. The van der Waals surface area contributed by atoms with Crippen molar-refractivity contribution in [1.29, 1.82) is 0 Å². The SMILES string of the molecule is Cc1ccc(C(C)C)cc1Oc1ccc(NC(=O)c2ccccc2C(F)(F)F)nc1. The third kappa shape index (κ3) is 4.97.